The molecule has 1 saturated heterocycles. The van der Waals surface area contributed by atoms with Gasteiger partial charge in [-0.15, -0.1) is 0 Å². The standard InChI is InChI=1S/C19H23N3O/c1-3-21(2)18-16(11-7-13-20-18)17-12-8-14-22(17)19(23)15-9-5-4-6-10-15/h4-7,9-11,13,17H,3,8,12,14H2,1-2H3. The van der Waals surface area contributed by atoms with Crippen molar-refractivity contribution in [2.45, 2.75) is 25.8 Å². The second-order valence-corrected chi connectivity index (χ2v) is 5.95. The number of hydrogen-bond acceptors (Lipinski definition) is 3. The molecule has 1 aliphatic heterocycles. The van der Waals surface area contributed by atoms with E-state index in [1.165, 1.54) is 0 Å². The molecule has 4 heteroatoms. The quantitative estimate of drug-likeness (QED) is 0.867. The molecule has 0 saturated carbocycles. The van der Waals surface area contributed by atoms with Crippen LogP contribution >= 0.6 is 0 Å². The zero-order valence-corrected chi connectivity index (χ0v) is 13.8. The molecule has 2 aromatic rings. The van der Waals surface area contributed by atoms with Gasteiger partial charge in [0.1, 0.15) is 5.82 Å². The molecule has 1 amide bonds. The van der Waals surface area contributed by atoms with Crippen molar-refractivity contribution in [2.75, 3.05) is 25.0 Å². The molecule has 3 rings (SSSR count). The number of nitrogens with zero attached hydrogens (tertiary/aromatic N) is 3. The number of carbonyl (C=O) groups is 1. The van der Waals surface area contributed by atoms with E-state index in [9.17, 15) is 4.79 Å². The zero-order valence-electron chi connectivity index (χ0n) is 13.8. The summed E-state index contributed by atoms with van der Waals surface area (Å²) in [4.78, 5) is 21.6. The SMILES string of the molecule is CCN(C)c1ncccc1C1CCCN1C(=O)c1ccccc1. The molecule has 1 aliphatic rings. The van der Waals surface area contributed by atoms with Gasteiger partial charge < -0.3 is 9.80 Å². The molecule has 0 N–H and O–H groups in total. The van der Waals surface area contributed by atoms with E-state index in [0.717, 1.165) is 42.9 Å². The normalized spacial score (nSPS) is 17.3. The van der Waals surface area contributed by atoms with Crippen molar-refractivity contribution in [2.24, 2.45) is 0 Å². The maximum absolute atomic E-state index is 12.9. The number of benzene rings is 1. The van der Waals surface area contributed by atoms with Gasteiger partial charge >= 0.3 is 0 Å². The van der Waals surface area contributed by atoms with E-state index < -0.39 is 0 Å². The number of likely N-dealkylation sites (tertiary alicyclic amines) is 1. The van der Waals surface area contributed by atoms with Crippen LogP contribution in [0.3, 0.4) is 0 Å². The van der Waals surface area contributed by atoms with E-state index in [4.69, 9.17) is 0 Å². The number of carbonyl (C=O) groups excluding carboxylic acids is 1. The van der Waals surface area contributed by atoms with Gasteiger partial charge in [-0.25, -0.2) is 4.98 Å². The zero-order chi connectivity index (χ0) is 16.2. The van der Waals surface area contributed by atoms with Gasteiger partial charge in [0.15, 0.2) is 0 Å². The van der Waals surface area contributed by atoms with Crippen LogP contribution in [0.25, 0.3) is 0 Å². The third kappa shape index (κ3) is 3.07. The van der Waals surface area contributed by atoms with Crippen LogP contribution in [0.1, 0.15) is 41.7 Å². The second-order valence-electron chi connectivity index (χ2n) is 5.95. The first kappa shape index (κ1) is 15.5. The molecule has 2 heterocycles. The van der Waals surface area contributed by atoms with E-state index >= 15 is 0 Å². The van der Waals surface area contributed by atoms with E-state index in [2.05, 4.69) is 22.9 Å². The molecule has 0 radical (unpaired) electrons. The summed E-state index contributed by atoms with van der Waals surface area (Å²) in [5.74, 6) is 1.09. The number of hydrogen-bond donors (Lipinski definition) is 0. The summed E-state index contributed by atoms with van der Waals surface area (Å²) in [7, 11) is 2.05. The lowest BCUT2D eigenvalue weighted by molar-refractivity contribution is 0.0736. The lowest BCUT2D eigenvalue weighted by Crippen LogP contribution is -2.32. The van der Waals surface area contributed by atoms with Crippen molar-refractivity contribution >= 4 is 11.7 Å². The van der Waals surface area contributed by atoms with Gasteiger partial charge in [-0.05, 0) is 38.0 Å². The van der Waals surface area contributed by atoms with Gasteiger partial charge in [0.05, 0.1) is 6.04 Å². The average Bonchev–Trinajstić information content (AvgIpc) is 3.10. The van der Waals surface area contributed by atoms with E-state index in [0.29, 0.717) is 0 Å². The Bertz CT molecular complexity index is 671. The van der Waals surface area contributed by atoms with Gasteiger partial charge in [-0.3, -0.25) is 4.79 Å². The number of aromatic nitrogens is 1. The van der Waals surface area contributed by atoms with Crippen LogP contribution in [-0.2, 0) is 0 Å². The Hall–Kier alpha value is -2.36. The molecule has 1 aromatic heterocycles. The fourth-order valence-corrected chi connectivity index (χ4v) is 3.22. The highest BCUT2D eigenvalue weighted by molar-refractivity contribution is 5.94. The summed E-state index contributed by atoms with van der Waals surface area (Å²) in [6.45, 7) is 3.81. The molecule has 4 nitrogen and oxygen atoms in total. The highest BCUT2D eigenvalue weighted by Gasteiger charge is 2.32. The summed E-state index contributed by atoms with van der Waals surface area (Å²) in [5.41, 5.74) is 1.91. The predicted molar refractivity (Wildman–Crippen MR) is 92.6 cm³/mol. The molecular formula is C19H23N3O. The largest absolute Gasteiger partial charge is 0.360 e. The van der Waals surface area contributed by atoms with Crippen LogP contribution in [0, 0.1) is 0 Å². The van der Waals surface area contributed by atoms with Gasteiger partial charge in [-0.1, -0.05) is 24.3 Å². The first-order valence-corrected chi connectivity index (χ1v) is 8.24. The number of anilines is 1. The third-order valence-electron chi connectivity index (χ3n) is 4.55. The first-order chi connectivity index (χ1) is 11.2. The minimum atomic E-state index is 0.111. The van der Waals surface area contributed by atoms with Crippen LogP contribution in [0.15, 0.2) is 48.7 Å². The molecule has 0 aliphatic carbocycles. The lowest BCUT2D eigenvalue weighted by atomic mass is 10.0. The number of amides is 1. The maximum Gasteiger partial charge on any atom is 0.254 e. The van der Waals surface area contributed by atoms with E-state index in [-0.39, 0.29) is 11.9 Å². The predicted octanol–water partition coefficient (Wildman–Crippen LogP) is 3.52. The number of rotatable bonds is 4. The topological polar surface area (TPSA) is 36.4 Å². The van der Waals surface area contributed by atoms with E-state index in [1.807, 2.05) is 54.5 Å². The molecule has 0 spiro atoms. The van der Waals surface area contributed by atoms with Crippen LogP contribution < -0.4 is 4.90 Å². The Balaban J connectivity index is 1.92. The van der Waals surface area contributed by atoms with Gasteiger partial charge in [0.25, 0.3) is 5.91 Å². The minimum absolute atomic E-state index is 0.111. The monoisotopic (exact) mass is 309 g/mol. The van der Waals surface area contributed by atoms with Crippen LogP contribution in [0.2, 0.25) is 0 Å². The van der Waals surface area contributed by atoms with Gasteiger partial charge in [-0.2, -0.15) is 0 Å². The third-order valence-corrected chi connectivity index (χ3v) is 4.55. The first-order valence-electron chi connectivity index (χ1n) is 8.24. The maximum atomic E-state index is 12.9. The Labute approximate surface area is 137 Å². The highest BCUT2D eigenvalue weighted by atomic mass is 16.2. The van der Waals surface area contributed by atoms with Crippen molar-refractivity contribution in [1.82, 2.24) is 9.88 Å². The minimum Gasteiger partial charge on any atom is -0.360 e. The summed E-state index contributed by atoms with van der Waals surface area (Å²) in [6, 6.07) is 13.7. The lowest BCUT2D eigenvalue weighted by Gasteiger charge is -2.28. The summed E-state index contributed by atoms with van der Waals surface area (Å²) >= 11 is 0. The van der Waals surface area contributed by atoms with Crippen molar-refractivity contribution in [3.8, 4) is 0 Å². The summed E-state index contributed by atoms with van der Waals surface area (Å²) in [6.07, 6.45) is 3.85. The van der Waals surface area contributed by atoms with Crippen LogP contribution in [-0.4, -0.2) is 35.9 Å². The summed E-state index contributed by atoms with van der Waals surface area (Å²) in [5, 5.41) is 0. The van der Waals surface area contributed by atoms with Gasteiger partial charge in [0.2, 0.25) is 0 Å². The Morgan fingerprint density at radius 1 is 1.26 bits per heavy atom. The molecule has 120 valence electrons. The van der Waals surface area contributed by atoms with Crippen molar-refractivity contribution in [3.63, 3.8) is 0 Å². The molecule has 0 bridgehead atoms. The van der Waals surface area contributed by atoms with Crippen LogP contribution in [0.4, 0.5) is 5.82 Å². The summed E-state index contributed by atoms with van der Waals surface area (Å²) < 4.78 is 0. The molecule has 1 unspecified atom stereocenters. The van der Waals surface area contributed by atoms with Crippen molar-refractivity contribution in [3.05, 3.63) is 59.8 Å². The molecular weight excluding hydrogens is 286 g/mol. The second kappa shape index (κ2) is 6.82. The average molecular weight is 309 g/mol. The smallest absolute Gasteiger partial charge is 0.254 e. The molecule has 23 heavy (non-hydrogen) atoms. The van der Waals surface area contributed by atoms with Crippen molar-refractivity contribution < 1.29 is 4.79 Å². The van der Waals surface area contributed by atoms with E-state index in [1.54, 1.807) is 0 Å². The van der Waals surface area contributed by atoms with Gasteiger partial charge in [0, 0.05) is 37.5 Å². The Morgan fingerprint density at radius 3 is 2.78 bits per heavy atom. The Morgan fingerprint density at radius 2 is 2.04 bits per heavy atom. The fourth-order valence-electron chi connectivity index (χ4n) is 3.22. The highest BCUT2D eigenvalue weighted by Crippen LogP contribution is 2.36. The molecule has 1 atom stereocenters. The molecule has 1 aromatic carbocycles. The van der Waals surface area contributed by atoms with Crippen LogP contribution in [0.5, 0.6) is 0 Å². The Kier molecular flexibility index (Phi) is 4.60. The molecule has 1 fully saturated rings. The fraction of sp³-hybridized carbons (Fsp3) is 0.368. The van der Waals surface area contributed by atoms with Crippen molar-refractivity contribution in [1.29, 1.82) is 0 Å². The number of pyridine rings is 1.